The molecule has 0 spiro atoms. The third-order valence-corrected chi connectivity index (χ3v) is 1.81. The van der Waals surface area contributed by atoms with E-state index in [4.69, 9.17) is 9.84 Å². The molecule has 0 saturated heterocycles. The number of methoxy groups -OCH3 is 1. The Morgan fingerprint density at radius 1 is 1.40 bits per heavy atom. The number of aliphatic carboxylic acids is 1. The standard InChI is InChI=1S/C10H19NO4/c1-8(2)7-11(4-5-15-3)9(12)6-10(13)14/h8H,4-7H2,1-3H3,(H,13,14). The van der Waals surface area contributed by atoms with Crippen LogP contribution in [0.2, 0.25) is 0 Å². The molecule has 0 radical (unpaired) electrons. The van der Waals surface area contributed by atoms with Gasteiger partial charge in [0.15, 0.2) is 0 Å². The normalized spacial score (nSPS) is 10.4. The first-order chi connectivity index (χ1) is 6.97. The fraction of sp³-hybridized carbons (Fsp3) is 0.800. The van der Waals surface area contributed by atoms with Crippen LogP contribution in [0.3, 0.4) is 0 Å². The Hall–Kier alpha value is -1.10. The van der Waals surface area contributed by atoms with Gasteiger partial charge < -0.3 is 14.7 Å². The van der Waals surface area contributed by atoms with E-state index in [2.05, 4.69) is 0 Å². The highest BCUT2D eigenvalue weighted by Crippen LogP contribution is 2.01. The van der Waals surface area contributed by atoms with Crippen LogP contribution in [0.5, 0.6) is 0 Å². The Bertz CT molecular complexity index is 215. The Labute approximate surface area is 90.0 Å². The van der Waals surface area contributed by atoms with E-state index >= 15 is 0 Å². The van der Waals surface area contributed by atoms with Crippen LogP contribution in [0.25, 0.3) is 0 Å². The summed E-state index contributed by atoms with van der Waals surface area (Å²) in [6, 6.07) is 0. The first-order valence-electron chi connectivity index (χ1n) is 4.95. The molecule has 1 N–H and O–H groups in total. The highest BCUT2D eigenvalue weighted by Gasteiger charge is 2.17. The molecule has 0 aromatic heterocycles. The van der Waals surface area contributed by atoms with E-state index < -0.39 is 12.4 Å². The van der Waals surface area contributed by atoms with E-state index in [9.17, 15) is 9.59 Å². The molecule has 0 heterocycles. The van der Waals surface area contributed by atoms with Crippen molar-refractivity contribution in [2.45, 2.75) is 20.3 Å². The molecule has 0 bridgehead atoms. The first kappa shape index (κ1) is 13.9. The van der Waals surface area contributed by atoms with E-state index in [1.807, 2.05) is 13.8 Å². The lowest BCUT2D eigenvalue weighted by Gasteiger charge is -2.23. The predicted octanol–water partition coefficient (Wildman–Crippen LogP) is 0.592. The molecule has 5 nitrogen and oxygen atoms in total. The van der Waals surface area contributed by atoms with Crippen molar-refractivity contribution < 1.29 is 19.4 Å². The zero-order valence-electron chi connectivity index (χ0n) is 9.52. The average Bonchev–Trinajstić information content (AvgIpc) is 2.10. The molecule has 0 aliphatic carbocycles. The quantitative estimate of drug-likeness (QED) is 0.634. The van der Waals surface area contributed by atoms with Crippen LogP contribution >= 0.6 is 0 Å². The lowest BCUT2D eigenvalue weighted by molar-refractivity contribution is -0.144. The lowest BCUT2D eigenvalue weighted by atomic mass is 10.2. The summed E-state index contributed by atoms with van der Waals surface area (Å²) in [6.45, 7) is 5.40. The van der Waals surface area contributed by atoms with Crippen molar-refractivity contribution in [3.05, 3.63) is 0 Å². The van der Waals surface area contributed by atoms with Crippen molar-refractivity contribution in [1.29, 1.82) is 0 Å². The molecule has 15 heavy (non-hydrogen) atoms. The molecule has 88 valence electrons. The van der Waals surface area contributed by atoms with E-state index in [1.165, 1.54) is 4.90 Å². The third-order valence-electron chi connectivity index (χ3n) is 1.81. The van der Waals surface area contributed by atoms with Crippen LogP contribution in [-0.4, -0.2) is 48.7 Å². The Morgan fingerprint density at radius 3 is 2.40 bits per heavy atom. The first-order valence-corrected chi connectivity index (χ1v) is 4.95. The van der Waals surface area contributed by atoms with Gasteiger partial charge in [-0.1, -0.05) is 13.8 Å². The number of carboxylic acids is 1. The second kappa shape index (κ2) is 7.23. The van der Waals surface area contributed by atoms with Gasteiger partial charge in [-0.15, -0.1) is 0 Å². The molecule has 0 unspecified atom stereocenters. The molecule has 0 saturated carbocycles. The van der Waals surface area contributed by atoms with Gasteiger partial charge in [0.2, 0.25) is 5.91 Å². The largest absolute Gasteiger partial charge is 0.481 e. The van der Waals surface area contributed by atoms with E-state index in [0.29, 0.717) is 25.6 Å². The van der Waals surface area contributed by atoms with E-state index in [-0.39, 0.29) is 5.91 Å². The summed E-state index contributed by atoms with van der Waals surface area (Å²) in [5, 5.41) is 8.51. The molecule has 1 amide bonds. The molecule has 5 heteroatoms. The second-order valence-electron chi connectivity index (χ2n) is 3.80. The van der Waals surface area contributed by atoms with Crippen molar-refractivity contribution in [2.24, 2.45) is 5.92 Å². The number of carbonyl (C=O) groups is 2. The van der Waals surface area contributed by atoms with Gasteiger partial charge in [0.05, 0.1) is 6.61 Å². The Balaban J connectivity index is 4.20. The van der Waals surface area contributed by atoms with Crippen molar-refractivity contribution in [3.63, 3.8) is 0 Å². The van der Waals surface area contributed by atoms with Gasteiger partial charge in [0, 0.05) is 20.2 Å². The molecule has 0 rings (SSSR count). The maximum Gasteiger partial charge on any atom is 0.312 e. The van der Waals surface area contributed by atoms with E-state index in [1.54, 1.807) is 7.11 Å². The molecule has 0 aliphatic rings. The summed E-state index contributed by atoms with van der Waals surface area (Å²) < 4.78 is 4.87. The van der Waals surface area contributed by atoms with Crippen molar-refractivity contribution in [2.75, 3.05) is 26.8 Å². The number of nitrogens with zero attached hydrogens (tertiary/aromatic N) is 1. The van der Waals surface area contributed by atoms with Crippen LogP contribution in [0.1, 0.15) is 20.3 Å². The second-order valence-corrected chi connectivity index (χ2v) is 3.80. The van der Waals surface area contributed by atoms with E-state index in [0.717, 1.165) is 0 Å². The monoisotopic (exact) mass is 217 g/mol. The van der Waals surface area contributed by atoms with Crippen molar-refractivity contribution >= 4 is 11.9 Å². The predicted molar refractivity (Wildman–Crippen MR) is 55.5 cm³/mol. The summed E-state index contributed by atoms with van der Waals surface area (Å²) in [7, 11) is 1.55. The molecule has 0 aromatic carbocycles. The maximum absolute atomic E-state index is 11.5. The van der Waals surface area contributed by atoms with Crippen LogP contribution < -0.4 is 0 Å². The fourth-order valence-corrected chi connectivity index (χ4v) is 1.20. The highest BCUT2D eigenvalue weighted by molar-refractivity contribution is 5.93. The summed E-state index contributed by atoms with van der Waals surface area (Å²) in [6.07, 6.45) is -0.448. The summed E-state index contributed by atoms with van der Waals surface area (Å²) >= 11 is 0. The zero-order chi connectivity index (χ0) is 11.8. The minimum Gasteiger partial charge on any atom is -0.481 e. The van der Waals surface area contributed by atoms with Crippen LogP contribution in [0.15, 0.2) is 0 Å². The average molecular weight is 217 g/mol. The van der Waals surface area contributed by atoms with Gasteiger partial charge in [0.1, 0.15) is 6.42 Å². The zero-order valence-corrected chi connectivity index (χ0v) is 9.52. The minimum atomic E-state index is -1.09. The van der Waals surface area contributed by atoms with Crippen molar-refractivity contribution in [3.8, 4) is 0 Å². The number of hydrogen-bond acceptors (Lipinski definition) is 3. The topological polar surface area (TPSA) is 66.8 Å². The van der Waals surface area contributed by atoms with Crippen LogP contribution in [0.4, 0.5) is 0 Å². The number of hydrogen-bond donors (Lipinski definition) is 1. The summed E-state index contributed by atoms with van der Waals surface area (Å²) in [5.74, 6) is -1.13. The van der Waals surface area contributed by atoms with Crippen LogP contribution in [-0.2, 0) is 14.3 Å². The number of carbonyl (C=O) groups excluding carboxylic acids is 1. The highest BCUT2D eigenvalue weighted by atomic mass is 16.5. The number of ether oxygens (including phenoxy) is 1. The molecular weight excluding hydrogens is 198 g/mol. The fourth-order valence-electron chi connectivity index (χ4n) is 1.20. The SMILES string of the molecule is COCCN(CC(C)C)C(=O)CC(=O)O. The Morgan fingerprint density at radius 2 is 2.00 bits per heavy atom. The lowest BCUT2D eigenvalue weighted by Crippen LogP contribution is -2.37. The van der Waals surface area contributed by atoms with Crippen LogP contribution in [0, 0.1) is 5.92 Å². The van der Waals surface area contributed by atoms with Gasteiger partial charge in [-0.05, 0) is 5.92 Å². The summed E-state index contributed by atoms with van der Waals surface area (Å²) in [5.41, 5.74) is 0. The molecule has 0 fully saturated rings. The van der Waals surface area contributed by atoms with Gasteiger partial charge >= 0.3 is 5.97 Å². The molecular formula is C10H19NO4. The van der Waals surface area contributed by atoms with Gasteiger partial charge in [-0.3, -0.25) is 9.59 Å². The molecule has 0 aromatic rings. The molecule has 0 atom stereocenters. The van der Waals surface area contributed by atoms with Crippen molar-refractivity contribution in [1.82, 2.24) is 4.90 Å². The van der Waals surface area contributed by atoms with Gasteiger partial charge in [-0.25, -0.2) is 0 Å². The minimum absolute atomic E-state index is 0.319. The van der Waals surface area contributed by atoms with Gasteiger partial charge in [0.25, 0.3) is 0 Å². The molecule has 0 aliphatic heterocycles. The Kier molecular flexibility index (Phi) is 6.70. The van der Waals surface area contributed by atoms with Gasteiger partial charge in [-0.2, -0.15) is 0 Å². The third kappa shape index (κ3) is 6.90. The smallest absolute Gasteiger partial charge is 0.312 e. The number of amides is 1. The number of carboxylic acid groups (broad SMARTS) is 1. The summed E-state index contributed by atoms with van der Waals surface area (Å²) in [4.78, 5) is 23.4. The number of rotatable bonds is 7. The maximum atomic E-state index is 11.5.